The number of nitrogens with zero attached hydrogens (tertiary/aromatic N) is 4. The highest BCUT2D eigenvalue weighted by Gasteiger charge is 2.56. The Labute approximate surface area is 263 Å². The number of methoxy groups -OCH3 is 2. The lowest BCUT2D eigenvalue weighted by Gasteiger charge is -2.38. The molecule has 1 unspecified atom stereocenters. The maximum Gasteiger partial charge on any atom is 0.347 e. The lowest BCUT2D eigenvalue weighted by Crippen LogP contribution is -2.58. The van der Waals surface area contributed by atoms with E-state index in [0.29, 0.717) is 22.1 Å². The number of para-hydroxylation sites is 1. The van der Waals surface area contributed by atoms with Crippen molar-refractivity contribution in [3.05, 3.63) is 76.3 Å². The summed E-state index contributed by atoms with van der Waals surface area (Å²) in [6.07, 6.45) is -0.102. The van der Waals surface area contributed by atoms with E-state index in [1.54, 1.807) is 32.0 Å². The van der Waals surface area contributed by atoms with E-state index in [9.17, 15) is 24.7 Å². The number of carbonyl (C=O) groups is 3. The Morgan fingerprint density at radius 2 is 1.68 bits per heavy atom. The van der Waals surface area contributed by atoms with Gasteiger partial charge in [0, 0.05) is 16.9 Å². The summed E-state index contributed by atoms with van der Waals surface area (Å²) in [5.74, 6) is 0.0188. The van der Waals surface area contributed by atoms with Crippen molar-refractivity contribution in [2.24, 2.45) is 5.10 Å². The second kappa shape index (κ2) is 13.3. The van der Waals surface area contributed by atoms with Crippen LogP contribution in [0.5, 0.6) is 17.2 Å². The van der Waals surface area contributed by atoms with Gasteiger partial charge in [-0.3, -0.25) is 14.9 Å². The molecule has 1 aliphatic rings. The minimum atomic E-state index is -1.36. The van der Waals surface area contributed by atoms with Crippen molar-refractivity contribution in [2.75, 3.05) is 31.0 Å². The fourth-order valence-electron chi connectivity index (χ4n) is 4.66. The van der Waals surface area contributed by atoms with Crippen molar-refractivity contribution >= 4 is 58.8 Å². The first-order valence-electron chi connectivity index (χ1n) is 13.1. The fraction of sp³-hybridized carbons (Fsp3) is 0.241. The van der Waals surface area contributed by atoms with Gasteiger partial charge in [0.15, 0.2) is 6.17 Å². The highest BCUT2D eigenvalue weighted by molar-refractivity contribution is 6.32. The first-order chi connectivity index (χ1) is 20.9. The molecule has 15 heteroatoms. The average Bonchev–Trinajstić information content (AvgIpc) is 3.18. The van der Waals surface area contributed by atoms with Gasteiger partial charge in [-0.25, -0.2) is 15.0 Å². The summed E-state index contributed by atoms with van der Waals surface area (Å²) in [6.45, 7) is 2.67. The second-order valence-electron chi connectivity index (χ2n) is 10.1. The number of rotatable bonds is 9. The number of halogens is 2. The van der Waals surface area contributed by atoms with Crippen LogP contribution in [0.2, 0.25) is 10.0 Å². The summed E-state index contributed by atoms with van der Waals surface area (Å²) in [5, 5.41) is 28.4. The number of phenolic OH excluding ortho intramolecular Hbond substituents is 1. The molecule has 0 aliphatic carbocycles. The Kier molecular flexibility index (Phi) is 9.72. The number of nitrogens with one attached hydrogen (secondary N) is 2. The standard InChI is InChI=1S/C29H30Cl2N6O7/c1-29(2)26(37(42)27(40)33-18-9-11-23(43-3)20(30)13-18)36(19-10-12-24(44-4)21(31)14-19)28(41)35(29)16-25(39)34-32-15-17-7-5-6-8-22(17)38/h5-15,26,38,42H,16H2,1-4H3,(H,33,40)(H,34,39)/b32-15-. The molecule has 1 fully saturated rings. The number of hydroxylamine groups is 2. The Balaban J connectivity index is 1.63. The number of carbonyl (C=O) groups excluding carboxylic acids is 3. The number of urea groups is 2. The Hall–Kier alpha value is -4.72. The number of hydrogen-bond acceptors (Lipinski definition) is 8. The highest BCUT2D eigenvalue weighted by Crippen LogP contribution is 2.40. The zero-order valence-corrected chi connectivity index (χ0v) is 25.6. The molecule has 0 bridgehead atoms. The van der Waals surface area contributed by atoms with Crippen LogP contribution in [0.3, 0.4) is 0 Å². The highest BCUT2D eigenvalue weighted by atomic mass is 35.5. The van der Waals surface area contributed by atoms with Gasteiger partial charge in [-0.1, -0.05) is 35.3 Å². The Morgan fingerprint density at radius 3 is 2.30 bits per heavy atom. The second-order valence-corrected chi connectivity index (χ2v) is 10.9. The summed E-state index contributed by atoms with van der Waals surface area (Å²) >= 11 is 12.5. The van der Waals surface area contributed by atoms with Crippen molar-refractivity contribution in [2.45, 2.75) is 25.6 Å². The van der Waals surface area contributed by atoms with Gasteiger partial charge in [-0.2, -0.15) is 10.2 Å². The van der Waals surface area contributed by atoms with Crippen molar-refractivity contribution in [3.63, 3.8) is 0 Å². The summed E-state index contributed by atoms with van der Waals surface area (Å²) in [7, 11) is 2.88. The summed E-state index contributed by atoms with van der Waals surface area (Å²) < 4.78 is 10.3. The van der Waals surface area contributed by atoms with E-state index in [4.69, 9.17) is 32.7 Å². The van der Waals surface area contributed by atoms with Crippen LogP contribution in [-0.2, 0) is 4.79 Å². The van der Waals surface area contributed by atoms with Crippen LogP contribution in [0.1, 0.15) is 19.4 Å². The van der Waals surface area contributed by atoms with E-state index in [1.807, 2.05) is 0 Å². The molecule has 1 atom stereocenters. The van der Waals surface area contributed by atoms with E-state index in [0.717, 1.165) is 4.90 Å². The number of amides is 5. The number of hydrazone groups is 1. The van der Waals surface area contributed by atoms with E-state index in [-0.39, 0.29) is 27.2 Å². The van der Waals surface area contributed by atoms with Crippen LogP contribution in [-0.4, -0.2) is 76.9 Å². The molecule has 13 nitrogen and oxygen atoms in total. The zero-order valence-electron chi connectivity index (χ0n) is 24.1. The van der Waals surface area contributed by atoms with E-state index >= 15 is 0 Å². The summed E-state index contributed by atoms with van der Waals surface area (Å²) in [5.41, 5.74) is 1.81. The molecule has 1 saturated heterocycles. The number of phenols is 1. The molecule has 44 heavy (non-hydrogen) atoms. The molecular formula is C29H30Cl2N6O7. The van der Waals surface area contributed by atoms with Gasteiger partial charge in [0.1, 0.15) is 23.8 Å². The topological polar surface area (TPSA) is 156 Å². The number of anilines is 2. The largest absolute Gasteiger partial charge is 0.507 e. The molecule has 232 valence electrons. The molecule has 0 aromatic heterocycles. The molecular weight excluding hydrogens is 615 g/mol. The predicted molar refractivity (Wildman–Crippen MR) is 165 cm³/mol. The molecule has 0 saturated carbocycles. The third-order valence-electron chi connectivity index (χ3n) is 6.90. The first kappa shape index (κ1) is 32.2. The number of hydrogen-bond donors (Lipinski definition) is 4. The molecule has 0 spiro atoms. The van der Waals surface area contributed by atoms with Crippen LogP contribution in [0, 0.1) is 0 Å². The average molecular weight is 646 g/mol. The fourth-order valence-corrected chi connectivity index (χ4v) is 5.17. The lowest BCUT2D eigenvalue weighted by molar-refractivity contribution is -0.124. The van der Waals surface area contributed by atoms with Gasteiger partial charge >= 0.3 is 12.1 Å². The minimum Gasteiger partial charge on any atom is -0.507 e. The summed E-state index contributed by atoms with van der Waals surface area (Å²) in [6, 6.07) is 13.7. The molecule has 1 aliphatic heterocycles. The van der Waals surface area contributed by atoms with Crippen molar-refractivity contribution in [3.8, 4) is 17.2 Å². The van der Waals surface area contributed by atoms with Gasteiger partial charge in [-0.05, 0) is 62.4 Å². The van der Waals surface area contributed by atoms with Gasteiger partial charge < -0.3 is 24.8 Å². The Morgan fingerprint density at radius 1 is 1.05 bits per heavy atom. The van der Waals surface area contributed by atoms with Gasteiger partial charge in [0.2, 0.25) is 0 Å². The monoisotopic (exact) mass is 644 g/mol. The Bertz CT molecular complexity index is 1600. The lowest BCUT2D eigenvalue weighted by atomic mass is 9.99. The molecule has 4 N–H and O–H groups in total. The molecule has 1 heterocycles. The van der Waals surface area contributed by atoms with Gasteiger partial charge in [0.25, 0.3) is 5.91 Å². The van der Waals surface area contributed by atoms with Crippen molar-refractivity contribution in [1.29, 1.82) is 0 Å². The quantitative estimate of drug-likeness (QED) is 0.143. The number of aromatic hydroxyl groups is 1. The van der Waals surface area contributed by atoms with Crippen LogP contribution < -0.4 is 25.1 Å². The molecule has 3 aromatic carbocycles. The number of ether oxygens (including phenoxy) is 2. The van der Waals surface area contributed by atoms with Crippen molar-refractivity contribution in [1.82, 2.24) is 15.4 Å². The third kappa shape index (κ3) is 6.59. The van der Waals surface area contributed by atoms with Crippen molar-refractivity contribution < 1.29 is 34.2 Å². The summed E-state index contributed by atoms with van der Waals surface area (Å²) in [4.78, 5) is 42.4. The van der Waals surface area contributed by atoms with Crippen LogP contribution in [0.25, 0.3) is 0 Å². The number of benzene rings is 3. The maximum atomic E-state index is 13.9. The van der Waals surface area contributed by atoms with Crippen LogP contribution in [0.4, 0.5) is 21.0 Å². The van der Waals surface area contributed by atoms with Crippen LogP contribution in [0.15, 0.2) is 65.8 Å². The van der Waals surface area contributed by atoms with E-state index in [2.05, 4.69) is 15.8 Å². The van der Waals surface area contributed by atoms with Crippen LogP contribution >= 0.6 is 23.2 Å². The minimum absolute atomic E-state index is 0.0313. The molecule has 0 radical (unpaired) electrons. The maximum absolute atomic E-state index is 13.9. The zero-order chi connectivity index (χ0) is 32.2. The first-order valence-corrected chi connectivity index (χ1v) is 13.8. The van der Waals surface area contributed by atoms with Gasteiger partial charge in [0.05, 0.1) is 36.0 Å². The predicted octanol–water partition coefficient (Wildman–Crippen LogP) is 5.14. The molecule has 3 aromatic rings. The SMILES string of the molecule is COc1ccc(NC(=O)N(O)C2N(c3ccc(OC)c(Cl)c3)C(=O)N(CC(=O)N/N=C\c3ccccc3O)C2(C)C)cc1Cl. The van der Waals surface area contributed by atoms with E-state index in [1.165, 1.54) is 67.8 Å². The molecule has 5 amide bonds. The smallest absolute Gasteiger partial charge is 0.347 e. The van der Waals surface area contributed by atoms with Gasteiger partial charge in [-0.15, -0.1) is 0 Å². The molecule has 4 rings (SSSR count). The normalized spacial score (nSPS) is 15.8. The third-order valence-corrected chi connectivity index (χ3v) is 7.49. The van der Waals surface area contributed by atoms with E-state index < -0.39 is 36.2 Å².